The van der Waals surface area contributed by atoms with E-state index in [1.54, 1.807) is 0 Å². The average Bonchev–Trinajstić information content (AvgIpc) is 2.01. The Labute approximate surface area is 84.1 Å². The minimum atomic E-state index is 0.978. The molecular formula is C13H26. The highest BCUT2D eigenvalue weighted by Crippen LogP contribution is 2.31. The van der Waals surface area contributed by atoms with Gasteiger partial charge in [-0.2, -0.15) is 0 Å². The van der Waals surface area contributed by atoms with E-state index in [4.69, 9.17) is 0 Å². The summed E-state index contributed by atoms with van der Waals surface area (Å²) < 4.78 is 0. The van der Waals surface area contributed by atoms with Crippen molar-refractivity contribution in [2.24, 2.45) is 11.8 Å². The normalized spacial score (nSPS) is 19.8. The predicted molar refractivity (Wildman–Crippen MR) is 59.9 cm³/mol. The van der Waals surface area contributed by atoms with E-state index in [1.807, 2.05) is 0 Å². The molecule has 0 nitrogen and oxygen atoms in total. The van der Waals surface area contributed by atoms with Gasteiger partial charge in [-0.3, -0.25) is 0 Å². The lowest BCUT2D eigenvalue weighted by Gasteiger charge is -2.25. The second-order valence-electron chi connectivity index (χ2n) is 4.98. The number of hydrogen-bond donors (Lipinski definition) is 0. The maximum Gasteiger partial charge on any atom is -0.0414 e. The molecule has 1 aliphatic rings. The quantitative estimate of drug-likeness (QED) is 0.497. The molecular weight excluding hydrogens is 156 g/mol. The highest BCUT2D eigenvalue weighted by molar-refractivity contribution is 4.69. The number of unbranched alkanes of at least 4 members (excludes halogenated alkanes) is 1. The second kappa shape index (κ2) is 6.45. The Bertz CT molecular complexity index is 113. The predicted octanol–water partition coefficient (Wildman–Crippen LogP) is 4.78. The Morgan fingerprint density at radius 2 is 1.92 bits per heavy atom. The van der Waals surface area contributed by atoms with Crippen LogP contribution in [0.4, 0.5) is 0 Å². The van der Waals surface area contributed by atoms with Gasteiger partial charge in [0.05, 0.1) is 0 Å². The zero-order valence-electron chi connectivity index (χ0n) is 9.52. The maximum atomic E-state index is 2.41. The van der Waals surface area contributed by atoms with Crippen LogP contribution in [0.2, 0.25) is 0 Å². The van der Waals surface area contributed by atoms with Crippen LogP contribution in [0.5, 0.6) is 0 Å². The van der Waals surface area contributed by atoms with Crippen molar-refractivity contribution in [3.8, 4) is 0 Å². The Balaban J connectivity index is 1.82. The summed E-state index contributed by atoms with van der Waals surface area (Å²) in [6.45, 7) is 4.71. The van der Waals surface area contributed by atoms with Crippen LogP contribution in [0.15, 0.2) is 0 Å². The molecule has 0 aromatic carbocycles. The molecule has 1 fully saturated rings. The van der Waals surface area contributed by atoms with E-state index in [2.05, 4.69) is 13.8 Å². The smallest absolute Gasteiger partial charge is 0.0414 e. The molecule has 0 aliphatic heterocycles. The van der Waals surface area contributed by atoms with Gasteiger partial charge in [-0.15, -0.1) is 0 Å². The standard InChI is InChI=1S/C13H26/c1-3-7-12(2)8-4-5-9-13-10-6-11-13/h12-13H,3-11H2,1-2H3. The summed E-state index contributed by atoms with van der Waals surface area (Å²) in [6, 6.07) is 0. The zero-order valence-corrected chi connectivity index (χ0v) is 9.52. The maximum absolute atomic E-state index is 2.41. The molecule has 1 aliphatic carbocycles. The van der Waals surface area contributed by atoms with Crippen LogP contribution >= 0.6 is 0 Å². The molecule has 0 aromatic heterocycles. The monoisotopic (exact) mass is 182 g/mol. The Morgan fingerprint density at radius 1 is 1.15 bits per heavy atom. The van der Waals surface area contributed by atoms with Crippen LogP contribution in [0.1, 0.15) is 71.6 Å². The van der Waals surface area contributed by atoms with E-state index in [1.165, 1.54) is 57.8 Å². The summed E-state index contributed by atoms with van der Waals surface area (Å²) in [4.78, 5) is 0. The van der Waals surface area contributed by atoms with Gasteiger partial charge in [-0.1, -0.05) is 71.6 Å². The summed E-state index contributed by atoms with van der Waals surface area (Å²) in [6.07, 6.45) is 13.4. The van der Waals surface area contributed by atoms with Gasteiger partial charge >= 0.3 is 0 Å². The fourth-order valence-corrected chi connectivity index (χ4v) is 2.34. The molecule has 0 spiro atoms. The first-order chi connectivity index (χ1) is 6.33. The highest BCUT2D eigenvalue weighted by Gasteiger charge is 2.16. The van der Waals surface area contributed by atoms with Crippen LogP contribution in [-0.4, -0.2) is 0 Å². The molecule has 1 rings (SSSR count). The van der Waals surface area contributed by atoms with Gasteiger partial charge < -0.3 is 0 Å². The van der Waals surface area contributed by atoms with Crippen molar-refractivity contribution in [2.45, 2.75) is 71.6 Å². The molecule has 0 radical (unpaired) electrons. The largest absolute Gasteiger partial charge is 0.0654 e. The lowest BCUT2D eigenvalue weighted by molar-refractivity contribution is 0.283. The molecule has 0 bridgehead atoms. The van der Waals surface area contributed by atoms with Gasteiger partial charge in [0.25, 0.3) is 0 Å². The molecule has 0 N–H and O–H groups in total. The van der Waals surface area contributed by atoms with Crippen molar-refractivity contribution in [1.29, 1.82) is 0 Å². The first-order valence-electron chi connectivity index (χ1n) is 6.33. The van der Waals surface area contributed by atoms with Crippen molar-refractivity contribution in [2.75, 3.05) is 0 Å². The topological polar surface area (TPSA) is 0 Å². The first-order valence-corrected chi connectivity index (χ1v) is 6.33. The molecule has 1 unspecified atom stereocenters. The minimum absolute atomic E-state index is 0.978. The third kappa shape index (κ3) is 4.69. The molecule has 0 amide bonds. The zero-order chi connectivity index (χ0) is 9.52. The van der Waals surface area contributed by atoms with E-state index in [9.17, 15) is 0 Å². The molecule has 0 aromatic rings. The second-order valence-corrected chi connectivity index (χ2v) is 4.98. The molecule has 1 atom stereocenters. The molecule has 1 saturated carbocycles. The number of hydrogen-bond acceptors (Lipinski definition) is 0. The van der Waals surface area contributed by atoms with Crippen LogP contribution in [-0.2, 0) is 0 Å². The van der Waals surface area contributed by atoms with Gasteiger partial charge in [-0.25, -0.2) is 0 Å². The van der Waals surface area contributed by atoms with E-state index < -0.39 is 0 Å². The summed E-state index contributed by atoms with van der Waals surface area (Å²) in [7, 11) is 0. The summed E-state index contributed by atoms with van der Waals surface area (Å²) >= 11 is 0. The van der Waals surface area contributed by atoms with Crippen molar-refractivity contribution < 1.29 is 0 Å². The molecule has 0 heterocycles. The van der Waals surface area contributed by atoms with E-state index in [-0.39, 0.29) is 0 Å². The van der Waals surface area contributed by atoms with Crippen LogP contribution in [0.3, 0.4) is 0 Å². The first kappa shape index (κ1) is 11.1. The third-order valence-corrected chi connectivity index (χ3v) is 3.57. The van der Waals surface area contributed by atoms with Crippen molar-refractivity contribution in [3.63, 3.8) is 0 Å². The Morgan fingerprint density at radius 3 is 2.46 bits per heavy atom. The van der Waals surface area contributed by atoms with Gasteiger partial charge in [0.15, 0.2) is 0 Å². The Hall–Kier alpha value is 0. The van der Waals surface area contributed by atoms with Crippen LogP contribution < -0.4 is 0 Å². The molecule has 13 heavy (non-hydrogen) atoms. The van der Waals surface area contributed by atoms with Crippen molar-refractivity contribution >= 4 is 0 Å². The van der Waals surface area contributed by atoms with Gasteiger partial charge in [0, 0.05) is 0 Å². The van der Waals surface area contributed by atoms with E-state index in [0.29, 0.717) is 0 Å². The average molecular weight is 182 g/mol. The molecule has 78 valence electrons. The van der Waals surface area contributed by atoms with Crippen LogP contribution in [0.25, 0.3) is 0 Å². The SMILES string of the molecule is CCCC(C)CCCCC1CCC1. The van der Waals surface area contributed by atoms with Crippen molar-refractivity contribution in [1.82, 2.24) is 0 Å². The molecule has 0 saturated heterocycles. The van der Waals surface area contributed by atoms with Gasteiger partial charge in [-0.05, 0) is 11.8 Å². The Kier molecular flexibility index (Phi) is 5.50. The summed E-state index contributed by atoms with van der Waals surface area (Å²) in [5, 5.41) is 0. The molecule has 0 heteroatoms. The van der Waals surface area contributed by atoms with Gasteiger partial charge in [0.2, 0.25) is 0 Å². The fourth-order valence-electron chi connectivity index (χ4n) is 2.34. The van der Waals surface area contributed by atoms with Gasteiger partial charge in [0.1, 0.15) is 0 Å². The third-order valence-electron chi connectivity index (χ3n) is 3.57. The minimum Gasteiger partial charge on any atom is -0.0654 e. The van der Waals surface area contributed by atoms with Crippen molar-refractivity contribution in [3.05, 3.63) is 0 Å². The lowest BCUT2D eigenvalue weighted by Crippen LogP contribution is -2.10. The fraction of sp³-hybridized carbons (Fsp3) is 1.00. The summed E-state index contributed by atoms with van der Waals surface area (Å²) in [5.74, 6) is 2.10. The van der Waals surface area contributed by atoms with E-state index >= 15 is 0 Å². The van der Waals surface area contributed by atoms with E-state index in [0.717, 1.165) is 11.8 Å². The lowest BCUT2D eigenvalue weighted by atomic mass is 9.81. The summed E-state index contributed by atoms with van der Waals surface area (Å²) in [5.41, 5.74) is 0. The van der Waals surface area contributed by atoms with Crippen LogP contribution in [0, 0.1) is 11.8 Å². The number of rotatable bonds is 7. The highest BCUT2D eigenvalue weighted by atomic mass is 14.2.